The molecule has 294 valence electrons. The van der Waals surface area contributed by atoms with Gasteiger partial charge in [0.1, 0.15) is 16.8 Å². The van der Waals surface area contributed by atoms with Crippen LogP contribution in [0.25, 0.3) is 10.6 Å². The highest BCUT2D eigenvalue weighted by Gasteiger charge is 2.41. The first-order valence-corrected chi connectivity index (χ1v) is 21.5. The normalized spacial score (nSPS) is 17.4. The Morgan fingerprint density at radius 2 is 1.82 bits per heavy atom. The van der Waals surface area contributed by atoms with Crippen molar-refractivity contribution in [1.82, 2.24) is 29.4 Å². The van der Waals surface area contributed by atoms with Crippen LogP contribution in [0.1, 0.15) is 57.2 Å². The molecule has 3 amide bonds. The molecule has 6 rings (SSSR count). The smallest absolute Gasteiger partial charge is 0.321 e. The maximum Gasteiger partial charge on any atom is 0.321 e. The highest BCUT2D eigenvalue weighted by atomic mass is 32.2. The molecule has 2 fully saturated rings. The molecule has 1 saturated heterocycles. The number of hydrogen-bond acceptors (Lipinski definition) is 9. The molecular weight excluding hydrogens is 737 g/mol. The number of carbonyl (C=O) groups is 2. The molecule has 4 atom stereocenters. The number of sulfonamides is 1. The molecule has 0 unspecified atom stereocenters. The van der Waals surface area contributed by atoms with Gasteiger partial charge in [0.2, 0.25) is 15.9 Å². The van der Waals surface area contributed by atoms with Crippen molar-refractivity contribution in [2.45, 2.75) is 82.0 Å². The fourth-order valence-corrected chi connectivity index (χ4v) is 9.87. The molecular formula is C41H52N6O6S2. The molecule has 0 radical (unpaired) electrons. The van der Waals surface area contributed by atoms with E-state index in [2.05, 4.69) is 10.3 Å². The van der Waals surface area contributed by atoms with Gasteiger partial charge in [0.25, 0.3) is 0 Å². The van der Waals surface area contributed by atoms with E-state index >= 15 is 0 Å². The standard InChI is InChI=1S/C41H52N6O6S2/c1-4-29(2)38(47-22-21-45(41(47)50)26-33-28-54-40(43-33)32-15-10-20-42-24-32)39(49)44-36(23-30-11-6-5-7-12-30)37(48)27-46(25-31-13-8-9-14-31)55(51,52)35-18-16-34(53-3)17-19-35/h5-7,10-12,15-20,24,28-29,31,36-38,48H,4,8-9,13-14,21-23,25-27H2,1-3H3,(H,44,49)/t29-,36-,37-,38-/m0/s1. The molecule has 2 N–H and O–H groups in total. The largest absolute Gasteiger partial charge is 0.497 e. The summed E-state index contributed by atoms with van der Waals surface area (Å²) in [6.07, 6.45) is 7.04. The highest BCUT2D eigenvalue weighted by Crippen LogP contribution is 2.30. The molecule has 14 heteroatoms. The first kappa shape index (κ1) is 40.3. The molecule has 55 heavy (non-hydrogen) atoms. The van der Waals surface area contributed by atoms with Crippen LogP contribution in [0.2, 0.25) is 0 Å². The zero-order chi connectivity index (χ0) is 39.0. The number of nitrogens with zero attached hydrogens (tertiary/aromatic N) is 5. The number of amides is 3. The van der Waals surface area contributed by atoms with Crippen molar-refractivity contribution in [1.29, 1.82) is 0 Å². The number of nitrogens with one attached hydrogen (secondary N) is 1. The highest BCUT2D eigenvalue weighted by molar-refractivity contribution is 7.89. The number of aromatic nitrogens is 2. The lowest BCUT2D eigenvalue weighted by molar-refractivity contribution is -0.128. The van der Waals surface area contributed by atoms with Gasteiger partial charge in [0.15, 0.2) is 0 Å². The number of urea groups is 1. The van der Waals surface area contributed by atoms with Crippen LogP contribution in [-0.2, 0) is 27.8 Å². The molecule has 1 aliphatic carbocycles. The maximum atomic E-state index is 14.5. The van der Waals surface area contributed by atoms with Gasteiger partial charge in [0.05, 0.1) is 36.4 Å². The first-order valence-electron chi connectivity index (χ1n) is 19.1. The monoisotopic (exact) mass is 788 g/mol. The van der Waals surface area contributed by atoms with Crippen LogP contribution < -0.4 is 10.1 Å². The third-order valence-electron chi connectivity index (χ3n) is 10.8. The Labute approximate surface area is 328 Å². The van der Waals surface area contributed by atoms with Gasteiger partial charge < -0.3 is 25.0 Å². The summed E-state index contributed by atoms with van der Waals surface area (Å²) in [6, 6.07) is 17.7. The molecule has 12 nitrogen and oxygen atoms in total. The van der Waals surface area contributed by atoms with E-state index in [1.807, 2.05) is 61.7 Å². The third kappa shape index (κ3) is 9.90. The zero-order valence-corrected chi connectivity index (χ0v) is 33.4. The molecule has 1 aliphatic heterocycles. The molecule has 0 bridgehead atoms. The van der Waals surface area contributed by atoms with Crippen LogP contribution in [0.4, 0.5) is 4.79 Å². The van der Waals surface area contributed by atoms with Crippen molar-refractivity contribution >= 4 is 33.3 Å². The number of pyridine rings is 1. The number of methoxy groups -OCH3 is 1. The summed E-state index contributed by atoms with van der Waals surface area (Å²) in [6.45, 7) is 5.12. The van der Waals surface area contributed by atoms with E-state index in [1.165, 1.54) is 34.9 Å². The fourth-order valence-electron chi connectivity index (χ4n) is 7.54. The minimum atomic E-state index is -4.00. The number of aliphatic hydroxyl groups excluding tert-OH is 1. The van der Waals surface area contributed by atoms with E-state index < -0.39 is 28.2 Å². The predicted molar refractivity (Wildman–Crippen MR) is 213 cm³/mol. The summed E-state index contributed by atoms with van der Waals surface area (Å²) in [5.41, 5.74) is 2.56. The third-order valence-corrected chi connectivity index (χ3v) is 13.6. The number of aliphatic hydroxyl groups is 1. The van der Waals surface area contributed by atoms with Crippen molar-refractivity contribution in [3.05, 3.63) is 95.8 Å². The average molecular weight is 789 g/mol. The van der Waals surface area contributed by atoms with Gasteiger partial charge in [-0.15, -0.1) is 11.3 Å². The Bertz CT molecular complexity index is 1960. The van der Waals surface area contributed by atoms with E-state index in [1.54, 1.807) is 34.3 Å². The predicted octanol–water partition coefficient (Wildman–Crippen LogP) is 5.84. The number of benzene rings is 2. The second-order valence-electron chi connectivity index (χ2n) is 14.6. The lowest BCUT2D eigenvalue weighted by atomic mass is 9.95. The second kappa shape index (κ2) is 18.5. The van der Waals surface area contributed by atoms with Crippen molar-refractivity contribution in [3.63, 3.8) is 0 Å². The lowest BCUT2D eigenvalue weighted by Crippen LogP contribution is -2.57. The quantitative estimate of drug-likeness (QED) is 0.128. The number of thiazole rings is 1. The summed E-state index contributed by atoms with van der Waals surface area (Å²) >= 11 is 1.50. The van der Waals surface area contributed by atoms with Crippen LogP contribution in [0.15, 0.2) is 89.4 Å². The van der Waals surface area contributed by atoms with Gasteiger partial charge >= 0.3 is 6.03 Å². The second-order valence-corrected chi connectivity index (χ2v) is 17.4. The van der Waals surface area contributed by atoms with E-state index in [0.29, 0.717) is 31.8 Å². The van der Waals surface area contributed by atoms with Crippen LogP contribution in [0.3, 0.4) is 0 Å². The van der Waals surface area contributed by atoms with Crippen LogP contribution in [0.5, 0.6) is 5.75 Å². The SMILES string of the molecule is CC[C@H](C)[C@@H](C(=O)N[C@@H](Cc1ccccc1)[C@@H](O)CN(CC1CCCC1)S(=O)(=O)c1ccc(OC)cc1)N1CCN(Cc2csc(-c3cccnc3)n2)C1=O. The minimum Gasteiger partial charge on any atom is -0.497 e. The van der Waals surface area contributed by atoms with Crippen LogP contribution in [0, 0.1) is 11.8 Å². The average Bonchev–Trinajstić information content (AvgIpc) is 3.98. The zero-order valence-electron chi connectivity index (χ0n) is 31.8. The fraction of sp³-hybridized carbons (Fsp3) is 0.463. The Morgan fingerprint density at radius 3 is 2.49 bits per heavy atom. The van der Waals surface area contributed by atoms with E-state index in [-0.39, 0.29) is 48.2 Å². The van der Waals surface area contributed by atoms with Crippen molar-refractivity contribution < 1.29 is 27.9 Å². The number of hydrogen-bond donors (Lipinski definition) is 2. The van der Waals surface area contributed by atoms with Gasteiger partial charge in [-0.1, -0.05) is 63.4 Å². The number of carbonyl (C=O) groups excluding carboxylic acids is 2. The Hall–Kier alpha value is -4.37. The number of ether oxygens (including phenoxy) is 1. The van der Waals surface area contributed by atoms with E-state index in [0.717, 1.165) is 47.5 Å². The van der Waals surface area contributed by atoms with Crippen LogP contribution in [-0.4, -0.2) is 101 Å². The van der Waals surface area contributed by atoms with Gasteiger partial charge in [-0.25, -0.2) is 18.2 Å². The van der Waals surface area contributed by atoms with Gasteiger partial charge in [-0.3, -0.25) is 9.78 Å². The molecule has 0 spiro atoms. The molecule has 2 aliphatic rings. The lowest BCUT2D eigenvalue weighted by Gasteiger charge is -2.35. The summed E-state index contributed by atoms with van der Waals surface area (Å²) in [7, 11) is -2.48. The molecule has 3 heterocycles. The first-order chi connectivity index (χ1) is 26.6. The van der Waals surface area contributed by atoms with E-state index in [9.17, 15) is 23.1 Å². The minimum absolute atomic E-state index is 0.113. The molecule has 1 saturated carbocycles. The van der Waals surface area contributed by atoms with E-state index in [4.69, 9.17) is 9.72 Å². The Balaban J connectivity index is 1.21. The summed E-state index contributed by atoms with van der Waals surface area (Å²) in [4.78, 5) is 40.8. The number of rotatable bonds is 18. The topological polar surface area (TPSA) is 145 Å². The van der Waals surface area contributed by atoms with Gasteiger partial charge in [-0.05, 0) is 73.1 Å². The molecule has 2 aromatic heterocycles. The Morgan fingerprint density at radius 1 is 1.07 bits per heavy atom. The van der Waals surface area contributed by atoms with Crippen molar-refractivity contribution in [2.75, 3.05) is 33.3 Å². The molecule has 4 aromatic rings. The Kier molecular flexibility index (Phi) is 13.6. The van der Waals surface area contributed by atoms with Gasteiger partial charge in [0, 0.05) is 49.5 Å². The summed E-state index contributed by atoms with van der Waals surface area (Å²) in [5.74, 6) is 0.148. The van der Waals surface area contributed by atoms with Gasteiger partial charge in [-0.2, -0.15) is 4.31 Å². The van der Waals surface area contributed by atoms with Crippen LogP contribution >= 0.6 is 11.3 Å². The maximum absolute atomic E-state index is 14.5. The summed E-state index contributed by atoms with van der Waals surface area (Å²) in [5, 5.41) is 17.9. The van der Waals surface area contributed by atoms with Crippen molar-refractivity contribution in [3.8, 4) is 16.3 Å². The van der Waals surface area contributed by atoms with Crippen molar-refractivity contribution in [2.24, 2.45) is 11.8 Å². The molecule has 2 aromatic carbocycles. The summed E-state index contributed by atoms with van der Waals surface area (Å²) < 4.78 is 35.0.